The molecule has 2 heterocycles. The number of anilines is 1. The Morgan fingerprint density at radius 1 is 1.06 bits per heavy atom. The van der Waals surface area contributed by atoms with Gasteiger partial charge in [0.25, 0.3) is 5.91 Å². The molecule has 9 heteroatoms. The monoisotopic (exact) mass is 434 g/mol. The third kappa shape index (κ3) is 4.83. The average molecular weight is 435 g/mol. The van der Waals surface area contributed by atoms with Gasteiger partial charge in [-0.2, -0.15) is 0 Å². The highest BCUT2D eigenvalue weighted by Crippen LogP contribution is 2.24. The molecule has 0 fully saturated rings. The number of carbonyl (C=O) groups is 2. The molecule has 4 aromatic rings. The number of carbonyl (C=O) groups excluding carboxylic acids is 2. The Hall–Kier alpha value is -3.46. The normalized spacial score (nSPS) is 11.6. The number of nitrogens with zero attached hydrogens (tertiary/aromatic N) is 4. The van der Waals surface area contributed by atoms with Gasteiger partial charge >= 0.3 is 0 Å². The Kier molecular flexibility index (Phi) is 5.60. The SMILES string of the molecule is CC(C)(C)NC(=O)c1ccc(NC(=O)CSc2nc3ccccc3n3cnnc23)cc1. The van der Waals surface area contributed by atoms with E-state index >= 15 is 0 Å². The fourth-order valence-electron chi connectivity index (χ4n) is 3.02. The molecule has 31 heavy (non-hydrogen) atoms. The number of nitrogens with one attached hydrogen (secondary N) is 2. The maximum absolute atomic E-state index is 12.4. The van der Waals surface area contributed by atoms with E-state index in [-0.39, 0.29) is 23.1 Å². The van der Waals surface area contributed by atoms with Gasteiger partial charge in [-0.05, 0) is 57.2 Å². The van der Waals surface area contributed by atoms with Gasteiger partial charge in [0.15, 0.2) is 5.65 Å². The van der Waals surface area contributed by atoms with E-state index in [1.54, 1.807) is 30.6 Å². The number of thioether (sulfide) groups is 1. The van der Waals surface area contributed by atoms with E-state index in [1.165, 1.54) is 11.8 Å². The molecule has 0 saturated heterocycles. The van der Waals surface area contributed by atoms with E-state index in [2.05, 4.69) is 25.8 Å². The fourth-order valence-corrected chi connectivity index (χ4v) is 3.80. The van der Waals surface area contributed by atoms with Crippen LogP contribution in [0, 0.1) is 0 Å². The number of benzene rings is 2. The van der Waals surface area contributed by atoms with Crippen molar-refractivity contribution in [2.75, 3.05) is 11.1 Å². The van der Waals surface area contributed by atoms with Crippen molar-refractivity contribution in [2.24, 2.45) is 0 Å². The molecule has 0 radical (unpaired) electrons. The summed E-state index contributed by atoms with van der Waals surface area (Å²) >= 11 is 1.30. The summed E-state index contributed by atoms with van der Waals surface area (Å²) < 4.78 is 1.87. The maximum Gasteiger partial charge on any atom is 0.251 e. The molecule has 0 aliphatic carbocycles. The van der Waals surface area contributed by atoms with E-state index in [9.17, 15) is 9.59 Å². The molecule has 0 atom stereocenters. The van der Waals surface area contributed by atoms with Gasteiger partial charge in [0.2, 0.25) is 5.91 Å². The van der Waals surface area contributed by atoms with E-state index in [0.717, 1.165) is 11.0 Å². The summed E-state index contributed by atoms with van der Waals surface area (Å²) in [5.74, 6) is -0.162. The summed E-state index contributed by atoms with van der Waals surface area (Å²) in [6.07, 6.45) is 1.64. The molecule has 8 nitrogen and oxygen atoms in total. The van der Waals surface area contributed by atoms with Gasteiger partial charge in [-0.3, -0.25) is 14.0 Å². The number of hydrogen-bond acceptors (Lipinski definition) is 6. The molecule has 0 unspecified atom stereocenters. The van der Waals surface area contributed by atoms with Crippen molar-refractivity contribution < 1.29 is 9.59 Å². The summed E-state index contributed by atoms with van der Waals surface area (Å²) in [6.45, 7) is 5.78. The number of hydrogen-bond donors (Lipinski definition) is 2. The molecule has 2 amide bonds. The van der Waals surface area contributed by atoms with Gasteiger partial charge in [-0.25, -0.2) is 4.98 Å². The van der Waals surface area contributed by atoms with Gasteiger partial charge in [-0.15, -0.1) is 10.2 Å². The lowest BCUT2D eigenvalue weighted by Crippen LogP contribution is -2.40. The fraction of sp³-hybridized carbons (Fsp3) is 0.227. The van der Waals surface area contributed by atoms with Crippen LogP contribution in [0.4, 0.5) is 5.69 Å². The Morgan fingerprint density at radius 3 is 2.55 bits per heavy atom. The van der Waals surface area contributed by atoms with Crippen LogP contribution in [0.1, 0.15) is 31.1 Å². The molecule has 4 rings (SSSR count). The van der Waals surface area contributed by atoms with Gasteiger partial charge in [0.1, 0.15) is 11.4 Å². The van der Waals surface area contributed by atoms with Gasteiger partial charge in [-0.1, -0.05) is 23.9 Å². The molecule has 0 bridgehead atoms. The van der Waals surface area contributed by atoms with E-state index in [4.69, 9.17) is 0 Å². The second kappa shape index (κ2) is 8.35. The molecule has 0 saturated carbocycles. The molecular weight excluding hydrogens is 412 g/mol. The second-order valence-corrected chi connectivity index (χ2v) is 9.01. The summed E-state index contributed by atoms with van der Waals surface area (Å²) in [6, 6.07) is 14.5. The molecular formula is C22H22N6O2S. The van der Waals surface area contributed by atoms with Crippen LogP contribution < -0.4 is 10.6 Å². The standard InChI is InChI=1S/C22H22N6O2S/c1-22(2,3)26-20(30)14-8-10-15(11-9-14)24-18(29)12-31-21-19-27-23-13-28(19)17-7-5-4-6-16(17)25-21/h4-11,13H,12H2,1-3H3,(H,24,29)(H,26,30). The highest BCUT2D eigenvalue weighted by molar-refractivity contribution is 8.00. The quantitative estimate of drug-likeness (QED) is 0.466. The second-order valence-electron chi connectivity index (χ2n) is 8.05. The topological polar surface area (TPSA) is 101 Å². The number of amides is 2. The highest BCUT2D eigenvalue weighted by Gasteiger charge is 2.16. The Balaban J connectivity index is 1.41. The zero-order chi connectivity index (χ0) is 22.0. The average Bonchev–Trinajstić information content (AvgIpc) is 3.22. The third-order valence-corrected chi connectivity index (χ3v) is 5.32. The first-order chi connectivity index (χ1) is 14.8. The summed E-state index contributed by atoms with van der Waals surface area (Å²) in [7, 11) is 0. The number of aromatic nitrogens is 4. The molecule has 2 aromatic heterocycles. The molecule has 0 aliphatic heterocycles. The summed E-state index contributed by atoms with van der Waals surface area (Å²) in [4.78, 5) is 29.3. The van der Waals surface area contributed by atoms with Crippen molar-refractivity contribution >= 4 is 45.9 Å². The minimum absolute atomic E-state index is 0.152. The molecule has 0 spiro atoms. The largest absolute Gasteiger partial charge is 0.347 e. The van der Waals surface area contributed by atoms with Crippen LogP contribution in [0.25, 0.3) is 16.7 Å². The third-order valence-electron chi connectivity index (χ3n) is 4.36. The van der Waals surface area contributed by atoms with Crippen LogP contribution in [-0.2, 0) is 4.79 Å². The summed E-state index contributed by atoms with van der Waals surface area (Å²) in [5.41, 5.74) is 3.18. The van der Waals surface area contributed by atoms with Crippen LogP contribution in [0.5, 0.6) is 0 Å². The lowest BCUT2D eigenvalue weighted by atomic mass is 10.1. The van der Waals surface area contributed by atoms with Gasteiger partial charge in [0, 0.05) is 16.8 Å². The lowest BCUT2D eigenvalue weighted by molar-refractivity contribution is -0.113. The Labute approximate surface area is 183 Å². The van der Waals surface area contributed by atoms with E-state index in [1.807, 2.05) is 49.4 Å². The van der Waals surface area contributed by atoms with Gasteiger partial charge < -0.3 is 10.6 Å². The van der Waals surface area contributed by atoms with Gasteiger partial charge in [0.05, 0.1) is 16.8 Å². The van der Waals surface area contributed by atoms with Crippen LogP contribution in [-0.4, -0.2) is 42.7 Å². The molecule has 2 aromatic carbocycles. The van der Waals surface area contributed by atoms with E-state index in [0.29, 0.717) is 21.9 Å². The zero-order valence-electron chi connectivity index (χ0n) is 17.4. The van der Waals surface area contributed by atoms with Crippen LogP contribution >= 0.6 is 11.8 Å². The van der Waals surface area contributed by atoms with Crippen molar-refractivity contribution in [1.29, 1.82) is 0 Å². The van der Waals surface area contributed by atoms with Crippen molar-refractivity contribution in [3.8, 4) is 0 Å². The first-order valence-electron chi connectivity index (χ1n) is 9.74. The van der Waals surface area contributed by atoms with Crippen molar-refractivity contribution in [3.63, 3.8) is 0 Å². The predicted octanol–water partition coefficient (Wildman–Crippen LogP) is 3.54. The van der Waals surface area contributed by atoms with Crippen LogP contribution in [0.3, 0.4) is 0 Å². The molecule has 158 valence electrons. The van der Waals surface area contributed by atoms with Crippen molar-refractivity contribution in [2.45, 2.75) is 31.3 Å². The van der Waals surface area contributed by atoms with Crippen molar-refractivity contribution in [3.05, 3.63) is 60.4 Å². The maximum atomic E-state index is 12.4. The first-order valence-corrected chi connectivity index (χ1v) is 10.7. The Morgan fingerprint density at radius 2 is 1.81 bits per heavy atom. The number of para-hydroxylation sites is 2. The van der Waals surface area contributed by atoms with E-state index < -0.39 is 0 Å². The molecule has 0 aliphatic rings. The first kappa shape index (κ1) is 20.8. The lowest BCUT2D eigenvalue weighted by Gasteiger charge is -2.20. The number of rotatable bonds is 5. The molecule has 2 N–H and O–H groups in total. The highest BCUT2D eigenvalue weighted by atomic mass is 32.2. The predicted molar refractivity (Wildman–Crippen MR) is 121 cm³/mol. The van der Waals surface area contributed by atoms with Crippen LogP contribution in [0.2, 0.25) is 0 Å². The minimum Gasteiger partial charge on any atom is -0.347 e. The number of fused-ring (bicyclic) bond motifs is 3. The smallest absolute Gasteiger partial charge is 0.251 e. The van der Waals surface area contributed by atoms with Crippen LogP contribution in [0.15, 0.2) is 59.9 Å². The minimum atomic E-state index is -0.312. The summed E-state index contributed by atoms with van der Waals surface area (Å²) in [5, 5.41) is 14.5. The van der Waals surface area contributed by atoms with Crippen molar-refractivity contribution in [1.82, 2.24) is 24.9 Å². The Bertz CT molecular complexity index is 1260. The zero-order valence-corrected chi connectivity index (χ0v) is 18.2.